The van der Waals surface area contributed by atoms with Crippen LogP contribution in [0.4, 0.5) is 10.3 Å². The Morgan fingerprint density at radius 2 is 2.13 bits per heavy atom. The average Bonchev–Trinajstić information content (AvgIpc) is 2.18. The summed E-state index contributed by atoms with van der Waals surface area (Å²) in [5, 5.41) is 3.13. The van der Waals surface area contributed by atoms with E-state index in [1.165, 1.54) is 0 Å². The third-order valence-corrected chi connectivity index (χ3v) is 2.45. The highest BCUT2D eigenvalue weighted by atomic mass is 19.1. The van der Waals surface area contributed by atoms with Gasteiger partial charge in [-0.05, 0) is 19.8 Å². The molecule has 82 valence electrons. The van der Waals surface area contributed by atoms with Crippen molar-refractivity contribution in [2.24, 2.45) is 0 Å². The number of ether oxygens (including phenoxy) is 1. The van der Waals surface area contributed by atoms with Crippen molar-refractivity contribution in [1.82, 2.24) is 9.97 Å². The second kappa shape index (κ2) is 4.53. The molecule has 1 fully saturated rings. The van der Waals surface area contributed by atoms with E-state index in [4.69, 9.17) is 4.74 Å². The molecule has 5 heteroatoms. The molecule has 0 spiro atoms. The van der Waals surface area contributed by atoms with Crippen molar-refractivity contribution in [2.45, 2.75) is 31.9 Å². The Hall–Kier alpha value is -1.23. The molecule has 0 amide bonds. The van der Waals surface area contributed by atoms with E-state index in [2.05, 4.69) is 15.3 Å². The van der Waals surface area contributed by atoms with Gasteiger partial charge in [0.15, 0.2) is 5.82 Å². The fourth-order valence-corrected chi connectivity index (χ4v) is 1.62. The Balaban J connectivity index is 1.77. The van der Waals surface area contributed by atoms with E-state index in [1.54, 1.807) is 0 Å². The van der Waals surface area contributed by atoms with Gasteiger partial charge in [-0.3, -0.25) is 0 Å². The molecule has 1 saturated carbocycles. The van der Waals surface area contributed by atoms with Gasteiger partial charge in [0.2, 0.25) is 5.95 Å². The zero-order chi connectivity index (χ0) is 10.7. The van der Waals surface area contributed by atoms with Gasteiger partial charge < -0.3 is 10.1 Å². The first kappa shape index (κ1) is 10.3. The number of aromatic nitrogens is 2. The molecule has 0 aromatic carbocycles. The number of rotatable bonds is 4. The van der Waals surface area contributed by atoms with Crippen molar-refractivity contribution < 1.29 is 9.13 Å². The number of hydrogen-bond acceptors (Lipinski definition) is 4. The van der Waals surface area contributed by atoms with Crippen LogP contribution < -0.4 is 5.32 Å². The Labute approximate surface area is 87.9 Å². The Morgan fingerprint density at radius 1 is 1.47 bits per heavy atom. The van der Waals surface area contributed by atoms with Crippen LogP contribution in [0.25, 0.3) is 0 Å². The van der Waals surface area contributed by atoms with Gasteiger partial charge in [0.25, 0.3) is 0 Å². The predicted molar refractivity (Wildman–Crippen MR) is 54.0 cm³/mol. The fourth-order valence-electron chi connectivity index (χ4n) is 1.62. The first-order valence-electron chi connectivity index (χ1n) is 5.13. The highest BCUT2D eigenvalue weighted by molar-refractivity contribution is 5.26. The van der Waals surface area contributed by atoms with Crippen LogP contribution in [-0.2, 0) is 4.74 Å². The minimum atomic E-state index is -0.415. The summed E-state index contributed by atoms with van der Waals surface area (Å²) in [6.45, 7) is 2.74. The summed E-state index contributed by atoms with van der Waals surface area (Å²) < 4.78 is 17.9. The standard InChI is InChI=1S/C10H14FN3O/c1-2-15-9-3-8(4-9)14-10-12-5-7(11)6-13-10/h5-6,8-9H,2-4H2,1H3,(H,12,13,14). The summed E-state index contributed by atoms with van der Waals surface area (Å²) in [6.07, 6.45) is 4.61. The molecule has 1 aromatic rings. The van der Waals surface area contributed by atoms with E-state index in [9.17, 15) is 4.39 Å². The molecule has 0 unspecified atom stereocenters. The molecule has 0 aliphatic heterocycles. The lowest BCUT2D eigenvalue weighted by Gasteiger charge is -2.35. The molecule has 2 rings (SSSR count). The zero-order valence-electron chi connectivity index (χ0n) is 8.61. The van der Waals surface area contributed by atoms with Crippen molar-refractivity contribution in [3.05, 3.63) is 18.2 Å². The number of hydrogen-bond donors (Lipinski definition) is 1. The molecule has 1 aliphatic rings. The lowest BCUT2D eigenvalue weighted by molar-refractivity contribution is 0.00285. The second-order valence-corrected chi connectivity index (χ2v) is 3.61. The molecule has 1 aromatic heterocycles. The molecular formula is C10H14FN3O. The van der Waals surface area contributed by atoms with Crippen LogP contribution in [0.5, 0.6) is 0 Å². The summed E-state index contributed by atoms with van der Waals surface area (Å²) in [6, 6.07) is 0.354. The van der Waals surface area contributed by atoms with Crippen LogP contribution in [0.1, 0.15) is 19.8 Å². The number of halogens is 1. The lowest BCUT2D eigenvalue weighted by Crippen LogP contribution is -2.41. The summed E-state index contributed by atoms with van der Waals surface area (Å²) in [5.74, 6) is 0.0673. The van der Waals surface area contributed by atoms with Gasteiger partial charge in [-0.15, -0.1) is 0 Å². The summed E-state index contributed by atoms with van der Waals surface area (Å²) in [7, 11) is 0. The quantitative estimate of drug-likeness (QED) is 0.821. The topological polar surface area (TPSA) is 47.0 Å². The molecule has 0 atom stereocenters. The van der Waals surface area contributed by atoms with Crippen LogP contribution in [0.2, 0.25) is 0 Å². The Kier molecular flexibility index (Phi) is 3.11. The molecule has 1 N–H and O–H groups in total. The first-order valence-corrected chi connectivity index (χ1v) is 5.13. The van der Waals surface area contributed by atoms with Gasteiger partial charge in [-0.2, -0.15) is 0 Å². The average molecular weight is 211 g/mol. The highest BCUT2D eigenvalue weighted by Gasteiger charge is 2.29. The number of nitrogens with one attached hydrogen (secondary N) is 1. The van der Waals surface area contributed by atoms with Crippen LogP contribution in [0, 0.1) is 5.82 Å². The van der Waals surface area contributed by atoms with Crippen molar-refractivity contribution in [1.29, 1.82) is 0 Å². The fraction of sp³-hybridized carbons (Fsp3) is 0.600. The number of nitrogens with zero attached hydrogens (tertiary/aromatic N) is 2. The first-order chi connectivity index (χ1) is 7.28. The molecule has 0 radical (unpaired) electrons. The summed E-state index contributed by atoms with van der Waals surface area (Å²) >= 11 is 0. The van der Waals surface area contributed by atoms with Crippen LogP contribution in [-0.4, -0.2) is 28.7 Å². The SMILES string of the molecule is CCOC1CC(Nc2ncc(F)cn2)C1. The molecule has 0 saturated heterocycles. The minimum absolute atomic E-state index is 0.354. The van der Waals surface area contributed by atoms with Gasteiger partial charge in [0.05, 0.1) is 18.5 Å². The van der Waals surface area contributed by atoms with Crippen LogP contribution >= 0.6 is 0 Å². The highest BCUT2D eigenvalue weighted by Crippen LogP contribution is 2.25. The predicted octanol–water partition coefficient (Wildman–Crippen LogP) is 1.60. The van der Waals surface area contributed by atoms with Crippen molar-refractivity contribution >= 4 is 5.95 Å². The minimum Gasteiger partial charge on any atom is -0.378 e. The van der Waals surface area contributed by atoms with Gasteiger partial charge in [0, 0.05) is 12.6 Å². The van der Waals surface area contributed by atoms with Crippen LogP contribution in [0.15, 0.2) is 12.4 Å². The molecule has 4 nitrogen and oxygen atoms in total. The van der Waals surface area contributed by atoms with Crippen molar-refractivity contribution in [2.75, 3.05) is 11.9 Å². The lowest BCUT2D eigenvalue weighted by atomic mass is 9.89. The molecular weight excluding hydrogens is 197 g/mol. The normalized spacial score (nSPS) is 24.7. The maximum atomic E-state index is 12.5. The maximum Gasteiger partial charge on any atom is 0.222 e. The largest absolute Gasteiger partial charge is 0.378 e. The van der Waals surface area contributed by atoms with Crippen molar-refractivity contribution in [3.63, 3.8) is 0 Å². The van der Waals surface area contributed by atoms with Crippen molar-refractivity contribution in [3.8, 4) is 0 Å². The third kappa shape index (κ3) is 2.62. The molecule has 1 aliphatic carbocycles. The summed E-state index contributed by atoms with van der Waals surface area (Å²) in [4.78, 5) is 7.67. The Morgan fingerprint density at radius 3 is 2.73 bits per heavy atom. The van der Waals surface area contributed by atoms with E-state index in [-0.39, 0.29) is 0 Å². The van der Waals surface area contributed by atoms with Gasteiger partial charge in [0.1, 0.15) is 0 Å². The molecule has 1 heterocycles. The third-order valence-electron chi connectivity index (χ3n) is 2.45. The van der Waals surface area contributed by atoms with E-state index in [0.717, 1.165) is 31.8 Å². The van der Waals surface area contributed by atoms with Gasteiger partial charge >= 0.3 is 0 Å². The monoisotopic (exact) mass is 211 g/mol. The van der Waals surface area contributed by atoms with E-state index in [0.29, 0.717) is 18.1 Å². The van der Waals surface area contributed by atoms with E-state index < -0.39 is 5.82 Å². The zero-order valence-corrected chi connectivity index (χ0v) is 8.61. The van der Waals surface area contributed by atoms with Crippen LogP contribution in [0.3, 0.4) is 0 Å². The van der Waals surface area contributed by atoms with Gasteiger partial charge in [-0.1, -0.05) is 0 Å². The van der Waals surface area contributed by atoms with E-state index in [1.807, 2.05) is 6.92 Å². The smallest absolute Gasteiger partial charge is 0.222 e. The van der Waals surface area contributed by atoms with E-state index >= 15 is 0 Å². The van der Waals surface area contributed by atoms with Gasteiger partial charge in [-0.25, -0.2) is 14.4 Å². The maximum absolute atomic E-state index is 12.5. The Bertz CT molecular complexity index is 311. The molecule has 0 bridgehead atoms. The second-order valence-electron chi connectivity index (χ2n) is 3.61. The summed E-state index contributed by atoms with van der Waals surface area (Å²) in [5.41, 5.74) is 0. The number of anilines is 1. The molecule has 15 heavy (non-hydrogen) atoms.